The predicted octanol–water partition coefficient (Wildman–Crippen LogP) is 4.81. The van der Waals surface area contributed by atoms with Crippen molar-refractivity contribution in [1.29, 1.82) is 0 Å². The summed E-state index contributed by atoms with van der Waals surface area (Å²) in [5.41, 5.74) is 3.03. The van der Waals surface area contributed by atoms with Gasteiger partial charge in [-0.1, -0.05) is 35.0 Å². The molecule has 2 heterocycles. The van der Waals surface area contributed by atoms with Gasteiger partial charge >= 0.3 is 0 Å². The Balaban J connectivity index is 1.53. The molecule has 0 radical (unpaired) electrons. The molecule has 8 heteroatoms. The third-order valence-electron chi connectivity index (χ3n) is 4.50. The first kappa shape index (κ1) is 19.7. The minimum absolute atomic E-state index is 0.0777. The van der Waals surface area contributed by atoms with Crippen molar-refractivity contribution in [2.45, 2.75) is 13.5 Å². The lowest BCUT2D eigenvalue weighted by molar-refractivity contribution is -0.116. The number of hydrogen-bond acceptors (Lipinski definition) is 5. The van der Waals surface area contributed by atoms with Crippen molar-refractivity contribution >= 4 is 23.2 Å². The van der Waals surface area contributed by atoms with Gasteiger partial charge in [0, 0.05) is 16.8 Å². The summed E-state index contributed by atoms with van der Waals surface area (Å²) in [5, 5.41) is 7.51. The third kappa shape index (κ3) is 4.21. The summed E-state index contributed by atoms with van der Waals surface area (Å²) >= 11 is 6.04. The fourth-order valence-electron chi connectivity index (χ4n) is 3.08. The molecule has 152 valence electrons. The molecular weight excluding hydrogens is 404 g/mol. The molecule has 7 nitrogen and oxygen atoms in total. The van der Waals surface area contributed by atoms with Crippen molar-refractivity contribution < 1.29 is 14.1 Å². The van der Waals surface area contributed by atoms with Gasteiger partial charge in [-0.2, -0.15) is 4.98 Å². The molecule has 2 aromatic carbocycles. The third-order valence-corrected chi connectivity index (χ3v) is 4.74. The zero-order valence-corrected chi connectivity index (χ0v) is 17.2. The number of halogens is 1. The minimum atomic E-state index is -0.203. The van der Waals surface area contributed by atoms with Crippen molar-refractivity contribution in [2.75, 3.05) is 12.4 Å². The van der Waals surface area contributed by atoms with Gasteiger partial charge in [-0.3, -0.25) is 4.79 Å². The second kappa shape index (κ2) is 8.42. The van der Waals surface area contributed by atoms with E-state index >= 15 is 0 Å². The number of hydrogen-bond donors (Lipinski definition) is 1. The van der Waals surface area contributed by atoms with E-state index in [0.717, 1.165) is 11.1 Å². The number of anilines is 1. The van der Waals surface area contributed by atoms with E-state index in [1.54, 1.807) is 30.0 Å². The van der Waals surface area contributed by atoms with Crippen LogP contribution in [0.1, 0.15) is 5.56 Å². The van der Waals surface area contributed by atoms with Crippen LogP contribution in [0.5, 0.6) is 5.75 Å². The molecule has 0 aliphatic heterocycles. The van der Waals surface area contributed by atoms with E-state index in [0.29, 0.717) is 33.9 Å². The SMILES string of the molecule is COc1ccc(C)cc1NC(=O)Cn1cccc1-c1nc(-c2cccc(Cl)c2)no1. The zero-order valence-electron chi connectivity index (χ0n) is 16.4. The minimum Gasteiger partial charge on any atom is -0.495 e. The Bertz CT molecular complexity index is 1200. The summed E-state index contributed by atoms with van der Waals surface area (Å²) in [6, 6.07) is 16.4. The summed E-state index contributed by atoms with van der Waals surface area (Å²) in [5.74, 6) is 1.14. The van der Waals surface area contributed by atoms with Crippen LogP contribution in [-0.4, -0.2) is 27.7 Å². The van der Waals surface area contributed by atoms with Crippen LogP contribution in [0.2, 0.25) is 5.02 Å². The number of aryl methyl sites for hydroxylation is 1. The second-order valence-corrected chi connectivity index (χ2v) is 7.14. The topological polar surface area (TPSA) is 82.2 Å². The Morgan fingerprint density at radius 1 is 1.20 bits per heavy atom. The molecule has 0 unspecified atom stereocenters. The Hall–Kier alpha value is -3.58. The lowest BCUT2D eigenvalue weighted by atomic mass is 10.2. The summed E-state index contributed by atoms with van der Waals surface area (Å²) in [7, 11) is 1.57. The zero-order chi connectivity index (χ0) is 21.1. The Morgan fingerprint density at radius 2 is 2.07 bits per heavy atom. The molecule has 1 N–H and O–H groups in total. The number of nitrogens with zero attached hydrogens (tertiary/aromatic N) is 3. The summed E-state index contributed by atoms with van der Waals surface area (Å²) in [6.45, 7) is 2.03. The highest BCUT2D eigenvalue weighted by atomic mass is 35.5. The van der Waals surface area contributed by atoms with Crippen LogP contribution in [0.4, 0.5) is 5.69 Å². The molecular formula is C22H19ClN4O3. The van der Waals surface area contributed by atoms with E-state index in [-0.39, 0.29) is 12.5 Å². The molecule has 4 rings (SSSR count). The van der Waals surface area contributed by atoms with E-state index in [9.17, 15) is 4.79 Å². The Kier molecular flexibility index (Phi) is 5.54. The van der Waals surface area contributed by atoms with Crippen molar-refractivity contribution in [2.24, 2.45) is 0 Å². The largest absolute Gasteiger partial charge is 0.495 e. The van der Waals surface area contributed by atoms with Crippen LogP contribution in [0.25, 0.3) is 23.0 Å². The van der Waals surface area contributed by atoms with Gasteiger partial charge in [0.25, 0.3) is 5.89 Å². The Morgan fingerprint density at radius 3 is 2.87 bits per heavy atom. The van der Waals surface area contributed by atoms with Crippen molar-refractivity contribution in [3.63, 3.8) is 0 Å². The molecule has 0 fully saturated rings. The number of carbonyl (C=O) groups excluding carboxylic acids is 1. The van der Waals surface area contributed by atoms with Crippen molar-refractivity contribution in [3.05, 3.63) is 71.4 Å². The molecule has 2 aromatic heterocycles. The molecule has 1 amide bonds. The van der Waals surface area contributed by atoms with Gasteiger partial charge in [0.15, 0.2) is 0 Å². The van der Waals surface area contributed by atoms with Crippen LogP contribution in [0.15, 0.2) is 65.3 Å². The summed E-state index contributed by atoms with van der Waals surface area (Å²) < 4.78 is 12.5. The molecule has 0 spiro atoms. The first-order chi connectivity index (χ1) is 14.5. The average Bonchev–Trinajstić information content (AvgIpc) is 3.37. The van der Waals surface area contributed by atoms with Crippen molar-refractivity contribution in [1.82, 2.24) is 14.7 Å². The molecule has 30 heavy (non-hydrogen) atoms. The van der Waals surface area contributed by atoms with Gasteiger partial charge in [-0.25, -0.2) is 0 Å². The lowest BCUT2D eigenvalue weighted by Gasteiger charge is -2.12. The van der Waals surface area contributed by atoms with Gasteiger partial charge in [-0.15, -0.1) is 0 Å². The number of carbonyl (C=O) groups is 1. The van der Waals surface area contributed by atoms with Crippen molar-refractivity contribution in [3.8, 4) is 28.7 Å². The highest BCUT2D eigenvalue weighted by Crippen LogP contribution is 2.26. The maximum Gasteiger partial charge on any atom is 0.274 e. The standard InChI is InChI=1S/C22H19ClN4O3/c1-14-8-9-19(29-2)17(11-14)24-20(28)13-27-10-4-7-18(27)22-25-21(26-30-22)15-5-3-6-16(23)12-15/h3-12H,13H2,1-2H3,(H,24,28). The van der Waals surface area contributed by atoms with Gasteiger partial charge in [0.2, 0.25) is 11.7 Å². The van der Waals surface area contributed by atoms with Crippen LogP contribution >= 0.6 is 11.6 Å². The monoisotopic (exact) mass is 422 g/mol. The predicted molar refractivity (Wildman–Crippen MR) is 115 cm³/mol. The number of ether oxygens (including phenoxy) is 1. The molecule has 0 atom stereocenters. The van der Waals surface area contributed by atoms with Crippen LogP contribution in [0.3, 0.4) is 0 Å². The highest BCUT2D eigenvalue weighted by Gasteiger charge is 2.16. The van der Waals surface area contributed by atoms with Crippen LogP contribution < -0.4 is 10.1 Å². The second-order valence-electron chi connectivity index (χ2n) is 6.71. The van der Waals surface area contributed by atoms with Gasteiger partial charge in [0.05, 0.1) is 12.8 Å². The summed E-state index contributed by atoms with van der Waals surface area (Å²) in [6.07, 6.45) is 1.78. The smallest absolute Gasteiger partial charge is 0.274 e. The maximum absolute atomic E-state index is 12.6. The molecule has 4 aromatic rings. The lowest BCUT2D eigenvalue weighted by Crippen LogP contribution is -2.19. The molecule has 0 bridgehead atoms. The Labute approximate surface area is 178 Å². The molecule has 0 aliphatic rings. The number of amides is 1. The highest BCUT2D eigenvalue weighted by molar-refractivity contribution is 6.30. The normalized spacial score (nSPS) is 10.8. The number of aromatic nitrogens is 3. The van der Waals surface area contributed by atoms with Crippen LogP contribution in [0, 0.1) is 6.92 Å². The number of rotatable bonds is 6. The fraction of sp³-hybridized carbons (Fsp3) is 0.136. The van der Waals surface area contributed by atoms with E-state index < -0.39 is 0 Å². The van der Waals surface area contributed by atoms with E-state index in [1.807, 2.05) is 49.4 Å². The average molecular weight is 423 g/mol. The van der Waals surface area contributed by atoms with Gasteiger partial charge in [0.1, 0.15) is 18.0 Å². The maximum atomic E-state index is 12.6. The van der Waals surface area contributed by atoms with E-state index in [1.165, 1.54) is 0 Å². The summed E-state index contributed by atoms with van der Waals surface area (Å²) in [4.78, 5) is 17.1. The van der Waals surface area contributed by atoms with E-state index in [2.05, 4.69) is 15.5 Å². The first-order valence-electron chi connectivity index (χ1n) is 9.23. The number of benzene rings is 2. The number of nitrogens with one attached hydrogen (secondary N) is 1. The van der Waals surface area contributed by atoms with Gasteiger partial charge < -0.3 is 19.1 Å². The molecule has 0 aliphatic carbocycles. The fourth-order valence-corrected chi connectivity index (χ4v) is 3.27. The molecule has 0 saturated heterocycles. The van der Waals surface area contributed by atoms with Crippen LogP contribution in [-0.2, 0) is 11.3 Å². The number of methoxy groups -OCH3 is 1. The quantitative estimate of drug-likeness (QED) is 0.482. The first-order valence-corrected chi connectivity index (χ1v) is 9.61. The van der Waals surface area contributed by atoms with Gasteiger partial charge in [-0.05, 0) is 48.9 Å². The molecule has 0 saturated carbocycles. The van der Waals surface area contributed by atoms with E-state index in [4.69, 9.17) is 20.9 Å².